The van der Waals surface area contributed by atoms with Gasteiger partial charge in [0.15, 0.2) is 5.96 Å². The fraction of sp³-hybridized carbons (Fsp3) is 0.632. The van der Waals surface area contributed by atoms with Crippen LogP contribution in [0.4, 0.5) is 0 Å². The molecule has 0 saturated carbocycles. The summed E-state index contributed by atoms with van der Waals surface area (Å²) in [4.78, 5) is 4.27. The smallest absolute Gasteiger partial charge is 0.191 e. The SMILES string of the molecule is CN=C(NCCc1ccc(C)c(OC)c1)NCC(OC)C(C)(C)C.I. The van der Waals surface area contributed by atoms with Crippen LogP contribution in [0.15, 0.2) is 23.2 Å². The van der Waals surface area contributed by atoms with Gasteiger partial charge < -0.3 is 20.1 Å². The molecule has 0 radical (unpaired) electrons. The molecule has 0 aromatic heterocycles. The van der Waals surface area contributed by atoms with Gasteiger partial charge >= 0.3 is 0 Å². The molecule has 144 valence electrons. The Morgan fingerprint density at radius 1 is 1.20 bits per heavy atom. The molecule has 6 heteroatoms. The van der Waals surface area contributed by atoms with Crippen LogP contribution in [-0.4, -0.2) is 46.4 Å². The number of aliphatic imine (C=N–C) groups is 1. The van der Waals surface area contributed by atoms with E-state index >= 15 is 0 Å². The van der Waals surface area contributed by atoms with Crippen LogP contribution in [-0.2, 0) is 11.2 Å². The lowest BCUT2D eigenvalue weighted by Crippen LogP contribution is -2.45. The monoisotopic (exact) mass is 463 g/mol. The van der Waals surface area contributed by atoms with Gasteiger partial charge in [-0.25, -0.2) is 0 Å². The average Bonchev–Trinajstić information content (AvgIpc) is 2.53. The fourth-order valence-corrected chi connectivity index (χ4v) is 2.50. The van der Waals surface area contributed by atoms with Crippen molar-refractivity contribution in [2.45, 2.75) is 40.2 Å². The van der Waals surface area contributed by atoms with E-state index in [4.69, 9.17) is 9.47 Å². The second kappa shape index (κ2) is 11.6. The first-order chi connectivity index (χ1) is 11.3. The van der Waals surface area contributed by atoms with E-state index in [-0.39, 0.29) is 35.5 Å². The number of benzene rings is 1. The third-order valence-corrected chi connectivity index (χ3v) is 4.11. The molecule has 1 unspecified atom stereocenters. The topological polar surface area (TPSA) is 54.9 Å². The summed E-state index contributed by atoms with van der Waals surface area (Å²) in [6, 6.07) is 6.32. The highest BCUT2D eigenvalue weighted by Crippen LogP contribution is 2.21. The zero-order valence-corrected chi connectivity index (χ0v) is 18.9. The maximum Gasteiger partial charge on any atom is 0.191 e. The molecule has 0 amide bonds. The third-order valence-electron chi connectivity index (χ3n) is 4.11. The number of hydrogen-bond acceptors (Lipinski definition) is 3. The molecule has 1 aromatic carbocycles. The van der Waals surface area contributed by atoms with E-state index < -0.39 is 0 Å². The molecule has 0 saturated heterocycles. The predicted molar refractivity (Wildman–Crippen MR) is 116 cm³/mol. The van der Waals surface area contributed by atoms with Crippen molar-refractivity contribution in [2.75, 3.05) is 34.4 Å². The van der Waals surface area contributed by atoms with Gasteiger partial charge in [0.25, 0.3) is 0 Å². The zero-order valence-electron chi connectivity index (χ0n) is 16.6. The van der Waals surface area contributed by atoms with Gasteiger partial charge in [0.2, 0.25) is 0 Å². The van der Waals surface area contributed by atoms with Crippen LogP contribution >= 0.6 is 24.0 Å². The Morgan fingerprint density at radius 2 is 1.88 bits per heavy atom. The third kappa shape index (κ3) is 8.27. The molecule has 1 atom stereocenters. The molecule has 1 rings (SSSR count). The number of methoxy groups -OCH3 is 2. The minimum Gasteiger partial charge on any atom is -0.496 e. The first-order valence-corrected chi connectivity index (χ1v) is 8.42. The molecule has 1 aromatic rings. The molecule has 0 aliphatic carbocycles. The van der Waals surface area contributed by atoms with Gasteiger partial charge in [-0.05, 0) is 36.0 Å². The van der Waals surface area contributed by atoms with E-state index in [1.807, 2.05) is 6.92 Å². The molecule has 2 N–H and O–H groups in total. The highest BCUT2D eigenvalue weighted by atomic mass is 127. The lowest BCUT2D eigenvalue weighted by Gasteiger charge is -2.30. The summed E-state index contributed by atoms with van der Waals surface area (Å²) in [5, 5.41) is 6.68. The summed E-state index contributed by atoms with van der Waals surface area (Å²) in [7, 11) is 5.24. The molecular formula is C19H34IN3O2. The van der Waals surface area contributed by atoms with Gasteiger partial charge in [-0.1, -0.05) is 32.9 Å². The van der Waals surface area contributed by atoms with Crippen molar-refractivity contribution in [3.05, 3.63) is 29.3 Å². The number of hydrogen-bond donors (Lipinski definition) is 2. The summed E-state index contributed by atoms with van der Waals surface area (Å²) >= 11 is 0. The van der Waals surface area contributed by atoms with E-state index in [2.05, 4.69) is 54.6 Å². The number of nitrogens with zero attached hydrogens (tertiary/aromatic N) is 1. The minimum absolute atomic E-state index is 0. The number of aryl methyl sites for hydroxylation is 1. The number of ether oxygens (including phenoxy) is 2. The maximum absolute atomic E-state index is 5.56. The van der Waals surface area contributed by atoms with Crippen molar-refractivity contribution in [1.29, 1.82) is 0 Å². The molecule has 0 heterocycles. The summed E-state index contributed by atoms with van der Waals surface area (Å²) in [6.07, 6.45) is 1.03. The molecular weight excluding hydrogens is 429 g/mol. The van der Waals surface area contributed by atoms with Crippen molar-refractivity contribution in [1.82, 2.24) is 10.6 Å². The van der Waals surface area contributed by atoms with Gasteiger partial charge in [-0.2, -0.15) is 0 Å². The highest BCUT2D eigenvalue weighted by Gasteiger charge is 2.24. The van der Waals surface area contributed by atoms with E-state index in [9.17, 15) is 0 Å². The quantitative estimate of drug-likeness (QED) is 0.370. The second-order valence-electron chi connectivity index (χ2n) is 7.02. The highest BCUT2D eigenvalue weighted by molar-refractivity contribution is 14.0. The van der Waals surface area contributed by atoms with Crippen molar-refractivity contribution in [2.24, 2.45) is 10.4 Å². The molecule has 0 spiro atoms. The Hall–Kier alpha value is -1.02. The first-order valence-electron chi connectivity index (χ1n) is 8.42. The summed E-state index contributed by atoms with van der Waals surface area (Å²) in [6.45, 7) is 10.1. The van der Waals surface area contributed by atoms with Crippen LogP contribution in [0.3, 0.4) is 0 Å². The van der Waals surface area contributed by atoms with Crippen molar-refractivity contribution >= 4 is 29.9 Å². The van der Waals surface area contributed by atoms with Crippen molar-refractivity contribution < 1.29 is 9.47 Å². The standard InChI is InChI=1S/C19H33N3O2.HI/c1-14-8-9-15(12-16(14)23-6)10-11-21-18(20-5)22-13-17(24-7)19(2,3)4;/h8-9,12,17H,10-11,13H2,1-7H3,(H2,20,21,22);1H. The van der Waals surface area contributed by atoms with Gasteiger partial charge in [0.05, 0.1) is 13.2 Å². The van der Waals surface area contributed by atoms with Crippen molar-refractivity contribution in [3.8, 4) is 5.75 Å². The molecule has 25 heavy (non-hydrogen) atoms. The number of guanidine groups is 1. The Labute approximate surface area is 170 Å². The summed E-state index contributed by atoms with van der Waals surface area (Å²) in [5.74, 6) is 1.73. The van der Waals surface area contributed by atoms with E-state index in [1.165, 1.54) is 5.56 Å². The average molecular weight is 463 g/mol. The Morgan fingerprint density at radius 3 is 2.40 bits per heavy atom. The van der Waals surface area contributed by atoms with E-state index in [1.54, 1.807) is 21.3 Å². The molecule has 0 aliphatic rings. The van der Waals surface area contributed by atoms with Crippen LogP contribution in [0, 0.1) is 12.3 Å². The largest absolute Gasteiger partial charge is 0.496 e. The Bertz CT molecular complexity index is 542. The number of nitrogens with one attached hydrogen (secondary N) is 2. The Balaban J connectivity index is 0.00000576. The van der Waals surface area contributed by atoms with Crippen LogP contribution in [0.2, 0.25) is 0 Å². The fourth-order valence-electron chi connectivity index (χ4n) is 2.50. The van der Waals surface area contributed by atoms with Gasteiger partial charge in [-0.15, -0.1) is 24.0 Å². The minimum atomic E-state index is 0. The molecule has 0 aliphatic heterocycles. The van der Waals surface area contributed by atoms with Gasteiger partial charge in [0.1, 0.15) is 5.75 Å². The second-order valence-corrected chi connectivity index (χ2v) is 7.02. The normalized spacial score (nSPS) is 13.0. The first kappa shape index (κ1) is 24.0. The summed E-state index contributed by atoms with van der Waals surface area (Å²) in [5.41, 5.74) is 2.48. The maximum atomic E-state index is 5.56. The lowest BCUT2D eigenvalue weighted by atomic mass is 9.89. The van der Waals surface area contributed by atoms with Crippen LogP contribution < -0.4 is 15.4 Å². The van der Waals surface area contributed by atoms with Crippen LogP contribution in [0.5, 0.6) is 5.75 Å². The van der Waals surface area contributed by atoms with Crippen LogP contribution in [0.1, 0.15) is 31.9 Å². The predicted octanol–water partition coefficient (Wildman–Crippen LogP) is 3.39. The summed E-state index contributed by atoms with van der Waals surface area (Å²) < 4.78 is 10.9. The molecule has 5 nitrogen and oxygen atoms in total. The number of rotatable bonds is 7. The van der Waals surface area contributed by atoms with Gasteiger partial charge in [-0.3, -0.25) is 4.99 Å². The zero-order chi connectivity index (χ0) is 18.2. The molecule has 0 bridgehead atoms. The lowest BCUT2D eigenvalue weighted by molar-refractivity contribution is 0.0205. The van der Waals surface area contributed by atoms with E-state index in [0.717, 1.165) is 36.8 Å². The molecule has 0 fully saturated rings. The Kier molecular flexibility index (Phi) is 11.1. The van der Waals surface area contributed by atoms with Crippen LogP contribution in [0.25, 0.3) is 0 Å². The van der Waals surface area contributed by atoms with E-state index in [0.29, 0.717) is 0 Å². The van der Waals surface area contributed by atoms with Crippen molar-refractivity contribution in [3.63, 3.8) is 0 Å². The number of halogens is 1. The van der Waals surface area contributed by atoms with Gasteiger partial charge in [0, 0.05) is 27.2 Å².